The molecule has 2 bridgehead atoms. The standard InChI is InChI=1S/C20H30N4O2/c1-15(12-22-23-13-20(25)26)11-21-17-9-18-7-8-19(10-17)24(18)14-16-5-3-2-4-6-16/h2-6,11,15,17-19,22-23H,7-10,12-14H2,1H3,(H,25,26). The topological polar surface area (TPSA) is 77.0 Å². The summed E-state index contributed by atoms with van der Waals surface area (Å²) in [4.78, 5) is 18.0. The van der Waals surface area contributed by atoms with E-state index in [1.54, 1.807) is 0 Å². The van der Waals surface area contributed by atoms with Crippen LogP contribution >= 0.6 is 0 Å². The van der Waals surface area contributed by atoms with Crippen LogP contribution in [-0.4, -0.2) is 53.4 Å². The highest BCUT2D eigenvalue weighted by molar-refractivity contribution is 5.68. The van der Waals surface area contributed by atoms with Crippen LogP contribution < -0.4 is 10.9 Å². The molecule has 6 nitrogen and oxygen atoms in total. The Morgan fingerprint density at radius 2 is 1.96 bits per heavy atom. The zero-order chi connectivity index (χ0) is 18.4. The molecule has 2 fully saturated rings. The molecular formula is C20H30N4O2. The molecule has 2 heterocycles. The second kappa shape index (κ2) is 9.26. The molecule has 142 valence electrons. The first kappa shape index (κ1) is 19.0. The molecular weight excluding hydrogens is 328 g/mol. The Morgan fingerprint density at radius 3 is 2.62 bits per heavy atom. The maximum atomic E-state index is 10.5. The van der Waals surface area contributed by atoms with Crippen molar-refractivity contribution in [1.29, 1.82) is 0 Å². The van der Waals surface area contributed by atoms with Crippen LogP contribution in [0, 0.1) is 5.92 Å². The van der Waals surface area contributed by atoms with Gasteiger partial charge < -0.3 is 5.11 Å². The molecule has 0 spiro atoms. The first-order valence-electron chi connectivity index (χ1n) is 9.62. The lowest BCUT2D eigenvalue weighted by Gasteiger charge is -2.37. The lowest BCUT2D eigenvalue weighted by atomic mass is 9.97. The Hall–Kier alpha value is -1.76. The summed E-state index contributed by atoms with van der Waals surface area (Å²) in [5.74, 6) is -0.590. The van der Waals surface area contributed by atoms with E-state index < -0.39 is 5.97 Å². The summed E-state index contributed by atoms with van der Waals surface area (Å²) < 4.78 is 0. The van der Waals surface area contributed by atoms with Crippen LogP contribution in [0.4, 0.5) is 0 Å². The maximum Gasteiger partial charge on any atom is 0.318 e. The molecule has 2 aliphatic rings. The molecule has 2 aliphatic heterocycles. The predicted molar refractivity (Wildman–Crippen MR) is 103 cm³/mol. The number of carbonyl (C=O) groups is 1. The van der Waals surface area contributed by atoms with E-state index in [0.717, 1.165) is 19.4 Å². The van der Waals surface area contributed by atoms with Crippen LogP contribution in [-0.2, 0) is 11.3 Å². The van der Waals surface area contributed by atoms with Crippen molar-refractivity contribution in [2.75, 3.05) is 13.1 Å². The molecule has 0 aliphatic carbocycles. The van der Waals surface area contributed by atoms with Crippen molar-refractivity contribution in [2.24, 2.45) is 10.9 Å². The molecule has 2 saturated heterocycles. The third-order valence-corrected chi connectivity index (χ3v) is 5.41. The second-order valence-electron chi connectivity index (χ2n) is 7.57. The molecule has 3 unspecified atom stereocenters. The van der Waals surface area contributed by atoms with E-state index in [1.807, 2.05) is 6.21 Å². The van der Waals surface area contributed by atoms with E-state index in [2.05, 4.69) is 53.0 Å². The number of benzene rings is 1. The smallest absolute Gasteiger partial charge is 0.318 e. The van der Waals surface area contributed by atoms with Crippen molar-refractivity contribution in [3.05, 3.63) is 35.9 Å². The molecule has 0 aromatic heterocycles. The average molecular weight is 358 g/mol. The van der Waals surface area contributed by atoms with E-state index >= 15 is 0 Å². The molecule has 0 amide bonds. The van der Waals surface area contributed by atoms with Gasteiger partial charge in [0.1, 0.15) is 6.54 Å². The summed E-state index contributed by atoms with van der Waals surface area (Å²) in [6, 6.07) is 12.5. The van der Waals surface area contributed by atoms with Crippen molar-refractivity contribution in [3.8, 4) is 0 Å². The van der Waals surface area contributed by atoms with Crippen molar-refractivity contribution in [2.45, 2.75) is 57.3 Å². The van der Waals surface area contributed by atoms with Gasteiger partial charge in [0.05, 0.1) is 6.04 Å². The average Bonchev–Trinajstić information content (AvgIpc) is 2.86. The van der Waals surface area contributed by atoms with Crippen LogP contribution in [0.5, 0.6) is 0 Å². The number of hydrogen-bond acceptors (Lipinski definition) is 5. The molecule has 0 radical (unpaired) electrons. The maximum absolute atomic E-state index is 10.5. The van der Waals surface area contributed by atoms with Gasteiger partial charge >= 0.3 is 5.97 Å². The van der Waals surface area contributed by atoms with Gasteiger partial charge in [0.2, 0.25) is 0 Å². The van der Waals surface area contributed by atoms with Gasteiger partial charge in [-0.15, -0.1) is 0 Å². The Labute approximate surface area is 155 Å². The van der Waals surface area contributed by atoms with Gasteiger partial charge in [0.15, 0.2) is 0 Å². The fourth-order valence-electron chi connectivity index (χ4n) is 4.11. The third kappa shape index (κ3) is 5.37. The number of carboxylic acids is 1. The van der Waals surface area contributed by atoms with Gasteiger partial charge in [-0.2, -0.15) is 0 Å². The van der Waals surface area contributed by atoms with Crippen LogP contribution in [0.25, 0.3) is 0 Å². The number of nitrogens with zero attached hydrogens (tertiary/aromatic N) is 2. The van der Waals surface area contributed by atoms with Gasteiger partial charge in [-0.05, 0) is 31.2 Å². The minimum Gasteiger partial charge on any atom is -0.480 e. The van der Waals surface area contributed by atoms with Gasteiger partial charge in [0, 0.05) is 37.3 Å². The molecule has 3 N–H and O–H groups in total. The van der Waals surface area contributed by atoms with Crippen LogP contribution in [0.1, 0.15) is 38.2 Å². The minimum atomic E-state index is -0.864. The summed E-state index contributed by atoms with van der Waals surface area (Å²) in [5, 5.41) is 8.59. The molecule has 3 rings (SSSR count). The number of aliphatic imine (C=N–C) groups is 1. The molecule has 26 heavy (non-hydrogen) atoms. The summed E-state index contributed by atoms with van der Waals surface area (Å²) in [5.41, 5.74) is 7.03. The van der Waals surface area contributed by atoms with Crippen LogP contribution in [0.2, 0.25) is 0 Å². The highest BCUT2D eigenvalue weighted by atomic mass is 16.4. The van der Waals surface area contributed by atoms with Crippen molar-refractivity contribution in [1.82, 2.24) is 15.8 Å². The number of nitrogens with one attached hydrogen (secondary N) is 2. The van der Waals surface area contributed by atoms with Gasteiger partial charge in [0.25, 0.3) is 0 Å². The van der Waals surface area contributed by atoms with Crippen molar-refractivity contribution in [3.63, 3.8) is 0 Å². The first-order chi connectivity index (χ1) is 12.6. The zero-order valence-corrected chi connectivity index (χ0v) is 15.5. The van der Waals surface area contributed by atoms with Gasteiger partial charge in [-0.25, -0.2) is 5.43 Å². The van der Waals surface area contributed by atoms with Crippen LogP contribution in [0.3, 0.4) is 0 Å². The monoisotopic (exact) mass is 358 g/mol. The van der Waals surface area contributed by atoms with E-state index in [0.29, 0.717) is 24.7 Å². The Balaban J connectivity index is 1.44. The fraction of sp³-hybridized carbons (Fsp3) is 0.600. The second-order valence-corrected chi connectivity index (χ2v) is 7.57. The zero-order valence-electron chi connectivity index (χ0n) is 15.5. The molecule has 0 saturated carbocycles. The highest BCUT2D eigenvalue weighted by Crippen LogP contribution is 2.37. The quantitative estimate of drug-likeness (QED) is 0.358. The number of carboxylic acid groups (broad SMARTS) is 1. The van der Waals surface area contributed by atoms with E-state index in [1.165, 1.54) is 18.4 Å². The summed E-state index contributed by atoms with van der Waals surface area (Å²) >= 11 is 0. The summed E-state index contributed by atoms with van der Waals surface area (Å²) in [6.45, 7) is 3.75. The first-order valence-corrected chi connectivity index (χ1v) is 9.62. The number of rotatable bonds is 9. The van der Waals surface area contributed by atoms with Crippen LogP contribution in [0.15, 0.2) is 35.3 Å². The number of hydrogen-bond donors (Lipinski definition) is 3. The SMILES string of the molecule is CC(C=NC1CC2CCC(C1)N2Cc1ccccc1)CNNCC(=O)O. The third-order valence-electron chi connectivity index (χ3n) is 5.41. The number of hydrazine groups is 1. The van der Waals surface area contributed by atoms with E-state index in [-0.39, 0.29) is 12.5 Å². The van der Waals surface area contributed by atoms with Crippen molar-refractivity contribution >= 4 is 12.2 Å². The largest absolute Gasteiger partial charge is 0.480 e. The lowest BCUT2D eigenvalue weighted by Crippen LogP contribution is -2.43. The Bertz CT molecular complexity index is 593. The Morgan fingerprint density at radius 1 is 1.27 bits per heavy atom. The van der Waals surface area contributed by atoms with Gasteiger partial charge in [-0.1, -0.05) is 37.3 Å². The number of fused-ring (bicyclic) bond motifs is 2. The predicted octanol–water partition coefficient (Wildman–Crippen LogP) is 2.07. The van der Waals surface area contributed by atoms with E-state index in [4.69, 9.17) is 10.1 Å². The molecule has 6 heteroatoms. The highest BCUT2D eigenvalue weighted by Gasteiger charge is 2.40. The molecule has 3 atom stereocenters. The normalized spacial score (nSPS) is 27.0. The summed E-state index contributed by atoms with van der Waals surface area (Å²) in [6.07, 6.45) is 6.92. The van der Waals surface area contributed by atoms with Crippen molar-refractivity contribution < 1.29 is 9.90 Å². The molecule has 1 aromatic rings. The fourth-order valence-corrected chi connectivity index (χ4v) is 4.11. The number of aliphatic carboxylic acids is 1. The minimum absolute atomic E-state index is 0.0763. The number of piperidine rings is 1. The molecule has 1 aromatic carbocycles. The van der Waals surface area contributed by atoms with Gasteiger partial charge in [-0.3, -0.25) is 20.1 Å². The van der Waals surface area contributed by atoms with E-state index in [9.17, 15) is 4.79 Å². The summed E-state index contributed by atoms with van der Waals surface area (Å²) in [7, 11) is 0. The Kier molecular flexibility index (Phi) is 6.77. The lowest BCUT2D eigenvalue weighted by molar-refractivity contribution is -0.136.